The zero-order valence-electron chi connectivity index (χ0n) is 8.51. The summed E-state index contributed by atoms with van der Waals surface area (Å²) in [4.78, 5) is 18.1. The number of hydrogen-bond acceptors (Lipinski definition) is 4. The van der Waals surface area contributed by atoms with Crippen LogP contribution in [0.4, 0.5) is 5.82 Å². The van der Waals surface area contributed by atoms with Gasteiger partial charge in [0.15, 0.2) is 17.3 Å². The summed E-state index contributed by atoms with van der Waals surface area (Å²) in [7, 11) is 0. The molecule has 0 aliphatic rings. The maximum absolute atomic E-state index is 10.2. The lowest BCUT2D eigenvalue weighted by molar-refractivity contribution is 0.565. The first-order valence-electron chi connectivity index (χ1n) is 4.66. The van der Waals surface area contributed by atoms with E-state index >= 15 is 0 Å². The van der Waals surface area contributed by atoms with Crippen molar-refractivity contribution in [2.24, 2.45) is 4.99 Å². The van der Waals surface area contributed by atoms with Crippen LogP contribution in [0, 0.1) is 0 Å². The molecule has 2 aromatic rings. The smallest absolute Gasteiger partial charge is 0.212 e. The van der Waals surface area contributed by atoms with Crippen LogP contribution in [0.3, 0.4) is 0 Å². The van der Waals surface area contributed by atoms with Gasteiger partial charge in [0.05, 0.1) is 0 Å². The van der Waals surface area contributed by atoms with Crippen LogP contribution in [-0.4, -0.2) is 20.7 Å². The fourth-order valence-corrected chi connectivity index (χ4v) is 1.28. The van der Waals surface area contributed by atoms with Gasteiger partial charge in [-0.25, -0.2) is 9.78 Å². The summed E-state index contributed by atoms with van der Waals surface area (Å²) in [5, 5.41) is 4.26. The van der Waals surface area contributed by atoms with E-state index in [0.717, 1.165) is 5.82 Å². The van der Waals surface area contributed by atoms with Crippen molar-refractivity contribution >= 4 is 17.5 Å². The Kier molecular flexibility index (Phi) is 2.31. The minimum Gasteiger partial charge on any atom is -0.212 e. The minimum absolute atomic E-state index is 0.248. The van der Waals surface area contributed by atoms with Gasteiger partial charge < -0.3 is 0 Å². The molecule has 0 aliphatic heterocycles. The normalized spacial score (nSPS) is 10.6. The van der Waals surface area contributed by atoms with Crippen molar-refractivity contribution in [2.75, 3.05) is 0 Å². The molecule has 0 aromatic carbocycles. The molecule has 0 radical (unpaired) electrons. The Morgan fingerprint density at radius 3 is 2.93 bits per heavy atom. The topological polar surface area (TPSA) is 59.6 Å². The second-order valence-electron chi connectivity index (χ2n) is 3.48. The lowest BCUT2D eigenvalue weighted by Crippen LogP contribution is -1.92. The number of fused-ring (bicyclic) bond motifs is 1. The van der Waals surface area contributed by atoms with Crippen LogP contribution < -0.4 is 0 Å². The maximum atomic E-state index is 10.2. The van der Waals surface area contributed by atoms with Gasteiger partial charge in [-0.05, 0) is 12.1 Å². The third-order valence-electron chi connectivity index (χ3n) is 2.03. The molecule has 5 heteroatoms. The molecular weight excluding hydrogens is 192 g/mol. The zero-order valence-corrected chi connectivity index (χ0v) is 8.51. The average Bonchev–Trinajstić information content (AvgIpc) is 2.63. The molecule has 0 spiro atoms. The number of rotatable bonds is 2. The molecule has 0 saturated carbocycles. The molecule has 2 heterocycles. The molecule has 0 amide bonds. The van der Waals surface area contributed by atoms with Gasteiger partial charge in [0.25, 0.3) is 0 Å². The highest BCUT2D eigenvalue weighted by molar-refractivity contribution is 5.51. The summed E-state index contributed by atoms with van der Waals surface area (Å²) in [6, 6.07) is 5.30. The standard InChI is InChI=1S/C10H10N4O/c1-7(2)10-12-9-5-3-4-8(11-6-15)14(9)13-10/h3-5,7H,1-2H3. The van der Waals surface area contributed by atoms with Gasteiger partial charge in [0, 0.05) is 5.92 Å². The van der Waals surface area contributed by atoms with Crippen molar-refractivity contribution in [1.29, 1.82) is 0 Å². The molecule has 0 unspecified atom stereocenters. The Hall–Kier alpha value is -2.00. The van der Waals surface area contributed by atoms with Gasteiger partial charge in [0.2, 0.25) is 6.08 Å². The summed E-state index contributed by atoms with van der Waals surface area (Å²) in [5.41, 5.74) is 0.690. The molecule has 0 atom stereocenters. The third kappa shape index (κ3) is 1.65. The number of carbonyl (C=O) groups excluding carboxylic acids is 1. The van der Waals surface area contributed by atoms with Crippen molar-refractivity contribution in [3.05, 3.63) is 24.0 Å². The van der Waals surface area contributed by atoms with Crippen LogP contribution in [0.5, 0.6) is 0 Å². The van der Waals surface area contributed by atoms with Gasteiger partial charge in [-0.3, -0.25) is 0 Å². The predicted octanol–water partition coefficient (Wildman–Crippen LogP) is 1.82. The molecule has 2 rings (SSSR count). The van der Waals surface area contributed by atoms with E-state index in [1.165, 1.54) is 6.08 Å². The molecule has 76 valence electrons. The highest BCUT2D eigenvalue weighted by Gasteiger charge is 2.08. The molecule has 0 saturated heterocycles. The Labute approximate surface area is 86.5 Å². The van der Waals surface area contributed by atoms with E-state index in [0.29, 0.717) is 11.5 Å². The first-order chi connectivity index (χ1) is 7.22. The summed E-state index contributed by atoms with van der Waals surface area (Å²) < 4.78 is 1.54. The molecule has 0 N–H and O–H groups in total. The molecule has 15 heavy (non-hydrogen) atoms. The van der Waals surface area contributed by atoms with E-state index in [1.807, 2.05) is 19.9 Å². The lowest BCUT2D eigenvalue weighted by Gasteiger charge is -1.94. The molecular formula is C10H10N4O. The Balaban J connectivity index is 2.69. The van der Waals surface area contributed by atoms with E-state index in [1.54, 1.807) is 16.6 Å². The molecule has 0 bridgehead atoms. The quantitative estimate of drug-likeness (QED) is 0.551. The Morgan fingerprint density at radius 2 is 2.27 bits per heavy atom. The van der Waals surface area contributed by atoms with Crippen molar-refractivity contribution in [3.8, 4) is 0 Å². The summed E-state index contributed by atoms with van der Waals surface area (Å²) in [5.74, 6) is 1.43. The number of aliphatic imine (C=N–C) groups is 1. The minimum atomic E-state index is 0.248. The Morgan fingerprint density at radius 1 is 1.47 bits per heavy atom. The lowest BCUT2D eigenvalue weighted by atomic mass is 10.2. The van der Waals surface area contributed by atoms with Crippen LogP contribution >= 0.6 is 0 Å². The van der Waals surface area contributed by atoms with Crippen LogP contribution in [0.2, 0.25) is 0 Å². The summed E-state index contributed by atoms with van der Waals surface area (Å²) >= 11 is 0. The maximum Gasteiger partial charge on any atom is 0.242 e. The van der Waals surface area contributed by atoms with Crippen molar-refractivity contribution in [2.45, 2.75) is 19.8 Å². The van der Waals surface area contributed by atoms with Gasteiger partial charge in [0.1, 0.15) is 0 Å². The molecule has 2 aromatic heterocycles. The van der Waals surface area contributed by atoms with Gasteiger partial charge >= 0.3 is 0 Å². The SMILES string of the molecule is CC(C)c1nc2cccc(N=C=O)n2n1. The van der Waals surface area contributed by atoms with Crippen LogP contribution in [0.1, 0.15) is 25.6 Å². The summed E-state index contributed by atoms with van der Waals surface area (Å²) in [6.45, 7) is 4.02. The first-order valence-corrected chi connectivity index (χ1v) is 4.66. The second-order valence-corrected chi connectivity index (χ2v) is 3.48. The van der Waals surface area contributed by atoms with Gasteiger partial charge in [-0.15, -0.1) is 10.1 Å². The molecule has 5 nitrogen and oxygen atoms in total. The van der Waals surface area contributed by atoms with Crippen molar-refractivity contribution in [3.63, 3.8) is 0 Å². The monoisotopic (exact) mass is 202 g/mol. The largest absolute Gasteiger partial charge is 0.242 e. The van der Waals surface area contributed by atoms with E-state index < -0.39 is 0 Å². The highest BCUT2D eigenvalue weighted by atomic mass is 16.1. The van der Waals surface area contributed by atoms with Crippen molar-refractivity contribution in [1.82, 2.24) is 14.6 Å². The van der Waals surface area contributed by atoms with Gasteiger partial charge in [-0.1, -0.05) is 19.9 Å². The number of hydrogen-bond donors (Lipinski definition) is 0. The van der Waals surface area contributed by atoms with E-state index in [4.69, 9.17) is 0 Å². The van der Waals surface area contributed by atoms with E-state index in [-0.39, 0.29) is 5.92 Å². The number of isocyanates is 1. The Bertz CT molecular complexity index is 537. The van der Waals surface area contributed by atoms with Crippen LogP contribution in [-0.2, 0) is 4.79 Å². The highest BCUT2D eigenvalue weighted by Crippen LogP contribution is 2.16. The zero-order chi connectivity index (χ0) is 10.8. The average molecular weight is 202 g/mol. The fraction of sp³-hybridized carbons (Fsp3) is 0.300. The second kappa shape index (κ2) is 3.63. The number of nitrogens with zero attached hydrogens (tertiary/aromatic N) is 4. The molecule has 0 fully saturated rings. The van der Waals surface area contributed by atoms with E-state index in [9.17, 15) is 4.79 Å². The summed E-state index contributed by atoms with van der Waals surface area (Å²) in [6.07, 6.45) is 1.50. The van der Waals surface area contributed by atoms with Crippen LogP contribution in [0.15, 0.2) is 23.2 Å². The number of pyridine rings is 1. The van der Waals surface area contributed by atoms with Gasteiger partial charge in [-0.2, -0.15) is 4.52 Å². The van der Waals surface area contributed by atoms with E-state index in [2.05, 4.69) is 15.1 Å². The number of aromatic nitrogens is 3. The fourth-order valence-electron chi connectivity index (χ4n) is 1.28. The predicted molar refractivity (Wildman–Crippen MR) is 54.9 cm³/mol. The third-order valence-corrected chi connectivity index (χ3v) is 2.03. The molecule has 0 aliphatic carbocycles. The first kappa shape index (κ1) is 9.55. The van der Waals surface area contributed by atoms with Crippen molar-refractivity contribution < 1.29 is 4.79 Å². The van der Waals surface area contributed by atoms with Crippen LogP contribution in [0.25, 0.3) is 5.65 Å².